The van der Waals surface area contributed by atoms with Gasteiger partial charge in [-0.15, -0.1) is 11.8 Å². The van der Waals surface area contributed by atoms with Gasteiger partial charge in [0.05, 0.1) is 4.90 Å². The molecule has 1 aromatic rings. The van der Waals surface area contributed by atoms with E-state index in [4.69, 9.17) is 4.74 Å². The highest BCUT2D eigenvalue weighted by atomic mass is 32.3. The molecule has 0 bridgehead atoms. The number of esters is 1. The zero-order valence-electron chi connectivity index (χ0n) is 12.8. The molecule has 0 radical (unpaired) electrons. The van der Waals surface area contributed by atoms with Gasteiger partial charge in [-0.2, -0.15) is 0 Å². The van der Waals surface area contributed by atoms with Gasteiger partial charge < -0.3 is 4.74 Å². The maximum atomic E-state index is 12.5. The second-order valence-electron chi connectivity index (χ2n) is 5.52. The first-order chi connectivity index (χ1) is 9.56. The van der Waals surface area contributed by atoms with Crippen molar-refractivity contribution in [3.05, 3.63) is 40.1 Å². The third-order valence-electron chi connectivity index (χ3n) is 2.44. The molecule has 0 aliphatic heterocycles. The van der Waals surface area contributed by atoms with E-state index in [-0.39, 0.29) is 9.13 Å². The second kappa shape index (κ2) is 6.66. The summed E-state index contributed by atoms with van der Waals surface area (Å²) in [4.78, 5) is 11.9. The van der Waals surface area contributed by atoms with E-state index in [9.17, 15) is 13.2 Å². The number of carbonyl (C=O) groups is 1. The van der Waals surface area contributed by atoms with Crippen molar-refractivity contribution >= 4 is 27.6 Å². The molecule has 0 unspecified atom stereocenters. The second-order valence-corrected chi connectivity index (χ2v) is 8.54. The minimum Gasteiger partial charge on any atom is -0.457 e. The number of benzene rings is 1. The summed E-state index contributed by atoms with van der Waals surface area (Å²) in [5.74, 6) is -0.664. The van der Waals surface area contributed by atoms with Crippen molar-refractivity contribution in [1.82, 2.24) is 0 Å². The summed E-state index contributed by atoms with van der Waals surface area (Å²) in [6.45, 7) is 7.06. The molecule has 116 valence electrons. The standard InChI is InChI=1S/C15H20O4S2/c1-11-6-8-12(9-7-11)21(17,18)14(20-5)10-13(16)19-15(2,3)4/h6-10H,1-5H3/b14-10-. The van der Waals surface area contributed by atoms with Gasteiger partial charge >= 0.3 is 5.97 Å². The Hall–Kier alpha value is -1.27. The average molecular weight is 328 g/mol. The first kappa shape index (κ1) is 17.8. The number of carbonyl (C=O) groups excluding carboxylic acids is 1. The molecule has 0 aliphatic carbocycles. The Balaban J connectivity index is 3.13. The molecule has 0 saturated carbocycles. The molecule has 0 amide bonds. The summed E-state index contributed by atoms with van der Waals surface area (Å²) in [5.41, 5.74) is 0.306. The minimum atomic E-state index is -3.70. The van der Waals surface area contributed by atoms with Crippen molar-refractivity contribution in [2.24, 2.45) is 0 Å². The molecule has 0 saturated heterocycles. The summed E-state index contributed by atoms with van der Waals surface area (Å²) in [5, 5.41) is 0. The van der Waals surface area contributed by atoms with Gasteiger partial charge in [0.1, 0.15) is 9.84 Å². The van der Waals surface area contributed by atoms with Crippen LogP contribution in [0.4, 0.5) is 0 Å². The summed E-state index contributed by atoms with van der Waals surface area (Å²) in [6.07, 6.45) is 2.65. The predicted molar refractivity (Wildman–Crippen MR) is 85.8 cm³/mol. The Morgan fingerprint density at radius 1 is 1.19 bits per heavy atom. The Kier molecular flexibility index (Phi) is 5.64. The van der Waals surface area contributed by atoms with Gasteiger partial charge in [0, 0.05) is 6.08 Å². The Labute approximate surface area is 130 Å². The van der Waals surface area contributed by atoms with Crippen LogP contribution in [0.25, 0.3) is 0 Å². The van der Waals surface area contributed by atoms with Crippen LogP contribution in [-0.2, 0) is 19.4 Å². The van der Waals surface area contributed by atoms with Gasteiger partial charge in [-0.3, -0.25) is 0 Å². The normalized spacial score (nSPS) is 13.1. The van der Waals surface area contributed by atoms with E-state index >= 15 is 0 Å². The molecule has 1 rings (SSSR count). The third kappa shape index (κ3) is 5.21. The minimum absolute atomic E-state index is 0.0272. The molecule has 0 heterocycles. The highest BCUT2D eigenvalue weighted by Gasteiger charge is 2.23. The van der Waals surface area contributed by atoms with Crippen LogP contribution < -0.4 is 0 Å². The largest absolute Gasteiger partial charge is 0.457 e. The van der Waals surface area contributed by atoms with Crippen molar-refractivity contribution in [3.63, 3.8) is 0 Å². The number of aryl methyl sites for hydroxylation is 1. The molecule has 6 heteroatoms. The Morgan fingerprint density at radius 3 is 2.14 bits per heavy atom. The van der Waals surface area contributed by atoms with Gasteiger partial charge in [-0.25, -0.2) is 13.2 Å². The Morgan fingerprint density at radius 2 is 1.71 bits per heavy atom. The average Bonchev–Trinajstić information content (AvgIpc) is 2.34. The van der Waals surface area contributed by atoms with Crippen LogP contribution in [0.3, 0.4) is 0 Å². The van der Waals surface area contributed by atoms with Crippen molar-refractivity contribution < 1.29 is 17.9 Å². The van der Waals surface area contributed by atoms with Crippen LogP contribution in [0.2, 0.25) is 0 Å². The van der Waals surface area contributed by atoms with Gasteiger partial charge in [0.2, 0.25) is 9.84 Å². The lowest BCUT2D eigenvalue weighted by molar-refractivity contribution is -0.148. The van der Waals surface area contributed by atoms with Crippen LogP contribution in [0.5, 0.6) is 0 Å². The zero-order valence-corrected chi connectivity index (χ0v) is 14.5. The number of hydrogen-bond acceptors (Lipinski definition) is 5. The van der Waals surface area contributed by atoms with E-state index < -0.39 is 21.4 Å². The SMILES string of the molecule is CS/C(=C/C(=O)OC(C)(C)C)S(=O)(=O)c1ccc(C)cc1. The van der Waals surface area contributed by atoms with Crippen LogP contribution in [0.15, 0.2) is 39.5 Å². The lowest BCUT2D eigenvalue weighted by Crippen LogP contribution is -2.23. The van der Waals surface area contributed by atoms with Crippen molar-refractivity contribution in [1.29, 1.82) is 0 Å². The lowest BCUT2D eigenvalue weighted by Gasteiger charge is -2.18. The molecular formula is C15H20O4S2. The van der Waals surface area contributed by atoms with E-state index in [0.29, 0.717) is 0 Å². The first-order valence-electron chi connectivity index (χ1n) is 6.37. The van der Waals surface area contributed by atoms with Crippen LogP contribution >= 0.6 is 11.8 Å². The van der Waals surface area contributed by atoms with Gasteiger partial charge in [0.25, 0.3) is 0 Å². The van der Waals surface area contributed by atoms with E-state index in [0.717, 1.165) is 23.4 Å². The number of ether oxygens (including phenoxy) is 1. The molecule has 0 atom stereocenters. The fraction of sp³-hybridized carbons (Fsp3) is 0.400. The maximum Gasteiger partial charge on any atom is 0.333 e. The van der Waals surface area contributed by atoms with Crippen molar-refractivity contribution in [2.45, 2.75) is 38.2 Å². The number of sulfone groups is 1. The summed E-state index contributed by atoms with van der Waals surface area (Å²) < 4.78 is 30.1. The summed E-state index contributed by atoms with van der Waals surface area (Å²) in [6, 6.07) is 6.50. The zero-order chi connectivity index (χ0) is 16.3. The summed E-state index contributed by atoms with van der Waals surface area (Å²) in [7, 11) is -3.70. The monoisotopic (exact) mass is 328 g/mol. The van der Waals surface area contributed by atoms with E-state index in [1.807, 2.05) is 6.92 Å². The molecular weight excluding hydrogens is 308 g/mol. The van der Waals surface area contributed by atoms with E-state index in [1.54, 1.807) is 39.2 Å². The number of thioether (sulfide) groups is 1. The fourth-order valence-corrected chi connectivity index (χ4v) is 3.87. The van der Waals surface area contributed by atoms with E-state index in [1.165, 1.54) is 12.1 Å². The number of hydrogen-bond donors (Lipinski definition) is 0. The fourth-order valence-electron chi connectivity index (χ4n) is 1.51. The third-order valence-corrected chi connectivity index (χ3v) is 5.66. The molecule has 4 nitrogen and oxygen atoms in total. The molecule has 0 fully saturated rings. The number of rotatable bonds is 4. The van der Waals surface area contributed by atoms with Gasteiger partial charge in [-0.1, -0.05) is 17.7 Å². The van der Waals surface area contributed by atoms with Crippen molar-refractivity contribution in [3.8, 4) is 0 Å². The molecule has 21 heavy (non-hydrogen) atoms. The first-order valence-corrected chi connectivity index (χ1v) is 9.07. The molecule has 0 aliphatic rings. The lowest BCUT2D eigenvalue weighted by atomic mass is 10.2. The Bertz CT molecular complexity index is 635. The van der Waals surface area contributed by atoms with Crippen LogP contribution in [-0.4, -0.2) is 26.2 Å². The predicted octanol–water partition coefficient (Wildman–Crippen LogP) is 3.31. The quantitative estimate of drug-likeness (QED) is 0.627. The molecule has 0 spiro atoms. The van der Waals surface area contributed by atoms with Gasteiger partial charge in [0.15, 0.2) is 0 Å². The maximum absolute atomic E-state index is 12.5. The van der Waals surface area contributed by atoms with Crippen LogP contribution in [0.1, 0.15) is 26.3 Å². The highest BCUT2D eigenvalue weighted by Crippen LogP contribution is 2.27. The molecule has 0 N–H and O–H groups in total. The molecule has 1 aromatic carbocycles. The van der Waals surface area contributed by atoms with Gasteiger partial charge in [-0.05, 0) is 46.1 Å². The topological polar surface area (TPSA) is 60.4 Å². The highest BCUT2D eigenvalue weighted by molar-refractivity contribution is 8.18. The molecule has 0 aromatic heterocycles. The van der Waals surface area contributed by atoms with Crippen molar-refractivity contribution in [2.75, 3.05) is 6.26 Å². The van der Waals surface area contributed by atoms with Crippen LogP contribution in [0, 0.1) is 6.92 Å². The van der Waals surface area contributed by atoms with E-state index in [2.05, 4.69) is 0 Å². The summed E-state index contributed by atoms with van der Waals surface area (Å²) >= 11 is 1.00. The smallest absolute Gasteiger partial charge is 0.333 e.